The molecule has 53 heavy (non-hydrogen) atoms. The van der Waals surface area contributed by atoms with Crippen molar-refractivity contribution in [2.24, 2.45) is 0 Å². The molecule has 0 unspecified atom stereocenters. The molecule has 0 N–H and O–H groups in total. The maximum absolute atomic E-state index is 6.66. The van der Waals surface area contributed by atoms with Crippen molar-refractivity contribution >= 4 is 89.1 Å². The van der Waals surface area contributed by atoms with Crippen LogP contribution < -0.4 is 0 Å². The van der Waals surface area contributed by atoms with E-state index in [-0.39, 0.29) is 0 Å². The number of rotatable bonds is 5. The second-order valence-electron chi connectivity index (χ2n) is 13.3. The van der Waals surface area contributed by atoms with E-state index in [1.807, 2.05) is 91.9 Å². The Labute approximate surface area is 301 Å². The topological polar surface area (TPSA) is 78.3 Å². The summed E-state index contributed by atoms with van der Waals surface area (Å²) in [4.78, 5) is 10.5. The number of hydrogen-bond acceptors (Lipinski definition) is 6. The zero-order chi connectivity index (χ0) is 35.2. The number of hydrogen-bond donors (Lipinski definition) is 0. The van der Waals surface area contributed by atoms with Crippen LogP contribution in [0.4, 0.5) is 0 Å². The van der Waals surface area contributed by atoms with Crippen LogP contribution in [0.3, 0.4) is 0 Å². The normalized spacial score (nSPS) is 12.2. The number of nitrogens with zero attached hydrogens (tertiary/aromatic N) is 2. The minimum absolute atomic E-state index is 0.590. The Hall–Kier alpha value is -7.18. The summed E-state index contributed by atoms with van der Waals surface area (Å²) in [5, 5.41) is 6.11. The number of allylic oxidation sites excluding steroid dienone is 1. The third kappa shape index (κ3) is 4.45. The first-order valence-electron chi connectivity index (χ1n) is 17.5. The Morgan fingerprint density at radius 3 is 1.68 bits per heavy atom. The van der Waals surface area contributed by atoms with Gasteiger partial charge in [0.1, 0.15) is 50.5 Å². The zero-order valence-corrected chi connectivity index (χ0v) is 28.5. The third-order valence-electron chi connectivity index (χ3n) is 10.2. The largest absolute Gasteiger partial charge is 0.456 e. The summed E-state index contributed by atoms with van der Waals surface area (Å²) in [6, 6.07) is 41.1. The van der Waals surface area contributed by atoms with Crippen LogP contribution in [-0.2, 0) is 0 Å². The van der Waals surface area contributed by atoms with Gasteiger partial charge in [-0.25, -0.2) is 9.97 Å². The molecule has 6 heteroatoms. The summed E-state index contributed by atoms with van der Waals surface area (Å²) in [6.45, 7) is 5.97. The van der Waals surface area contributed by atoms with E-state index in [1.54, 1.807) is 6.08 Å². The molecule has 0 atom stereocenters. The number of benzene rings is 6. The van der Waals surface area contributed by atoms with E-state index >= 15 is 0 Å². The van der Waals surface area contributed by atoms with Gasteiger partial charge < -0.3 is 17.7 Å². The van der Waals surface area contributed by atoms with Crippen molar-refractivity contribution in [3.05, 3.63) is 145 Å². The van der Waals surface area contributed by atoms with Crippen LogP contribution in [0, 0.1) is 0 Å². The Kier molecular flexibility index (Phi) is 6.22. The van der Waals surface area contributed by atoms with E-state index in [9.17, 15) is 0 Å². The van der Waals surface area contributed by atoms with Crippen molar-refractivity contribution in [3.63, 3.8) is 0 Å². The van der Waals surface area contributed by atoms with Crippen molar-refractivity contribution < 1.29 is 17.7 Å². The number of para-hydroxylation sites is 2. The van der Waals surface area contributed by atoms with Gasteiger partial charge in [0.15, 0.2) is 11.4 Å². The molecule has 0 bridgehead atoms. The first-order valence-corrected chi connectivity index (χ1v) is 17.5. The van der Waals surface area contributed by atoms with Crippen LogP contribution in [0.25, 0.3) is 123 Å². The SMILES string of the molecule is C=Cc1oc2ccc(-c3nc(-c4ccc5oc6ccccc6c5c4)nc4c3oc3ccc(-c5ccc6oc7ccccc7c6c5)cc34)cc2c1/C=C\C. The first-order chi connectivity index (χ1) is 26.1. The van der Waals surface area contributed by atoms with Gasteiger partial charge in [-0.15, -0.1) is 0 Å². The lowest BCUT2D eigenvalue weighted by molar-refractivity contribution is 0.603. The molecule has 0 aliphatic rings. The molecule has 11 aromatic rings. The van der Waals surface area contributed by atoms with Crippen molar-refractivity contribution in [1.82, 2.24) is 9.97 Å². The highest BCUT2D eigenvalue weighted by molar-refractivity contribution is 6.11. The molecule has 0 fully saturated rings. The fourth-order valence-corrected chi connectivity index (χ4v) is 7.69. The predicted molar refractivity (Wildman–Crippen MR) is 215 cm³/mol. The molecular formula is C47H28N2O4. The predicted octanol–water partition coefficient (Wildman–Crippen LogP) is 13.6. The molecule has 6 aromatic carbocycles. The molecule has 6 nitrogen and oxygen atoms in total. The molecule has 0 aliphatic carbocycles. The van der Waals surface area contributed by atoms with Gasteiger partial charge in [0.25, 0.3) is 0 Å². The summed E-state index contributed by atoms with van der Waals surface area (Å²) in [6.07, 6.45) is 5.80. The minimum atomic E-state index is 0.590. The Morgan fingerprint density at radius 2 is 1.02 bits per heavy atom. The lowest BCUT2D eigenvalue weighted by Gasteiger charge is -2.07. The highest BCUT2D eigenvalue weighted by atomic mass is 16.3. The summed E-state index contributed by atoms with van der Waals surface area (Å²) in [5.74, 6) is 1.31. The minimum Gasteiger partial charge on any atom is -0.456 e. The lowest BCUT2D eigenvalue weighted by atomic mass is 10.0. The second-order valence-corrected chi connectivity index (χ2v) is 13.3. The van der Waals surface area contributed by atoms with Crippen LogP contribution in [0.15, 0.2) is 152 Å². The van der Waals surface area contributed by atoms with E-state index in [0.29, 0.717) is 17.1 Å². The Balaban J connectivity index is 1.16. The standard InChI is InChI=1S/C47H28N2O4/c1-3-9-30-34-24-28(16-20-40(34)50-37(30)4-2)44-46-45(49-47(48-44)29-17-21-42-35(25-29)32-11-6-8-13-39(32)52-42)36-23-27(15-19-43(36)53-46)26-14-18-41-33(22-26)31-10-5-7-12-38(31)51-41/h3-25H,2H2,1H3/b9-3-. The molecule has 0 saturated heterocycles. The summed E-state index contributed by atoms with van der Waals surface area (Å²) in [5.41, 5.74) is 11.8. The first kappa shape index (κ1) is 29.5. The van der Waals surface area contributed by atoms with Crippen LogP contribution >= 0.6 is 0 Å². The highest BCUT2D eigenvalue weighted by Gasteiger charge is 2.21. The molecule has 250 valence electrons. The average Bonchev–Trinajstić information content (AvgIpc) is 3.96. The molecular weight excluding hydrogens is 657 g/mol. The molecule has 11 rings (SSSR count). The fourth-order valence-electron chi connectivity index (χ4n) is 7.69. The number of furan rings is 4. The van der Waals surface area contributed by atoms with Crippen molar-refractivity contribution in [2.75, 3.05) is 0 Å². The van der Waals surface area contributed by atoms with E-state index in [2.05, 4.69) is 55.1 Å². The molecule has 0 spiro atoms. The molecule has 0 saturated carbocycles. The van der Waals surface area contributed by atoms with Crippen LogP contribution in [0.1, 0.15) is 18.2 Å². The van der Waals surface area contributed by atoms with Gasteiger partial charge in [0.05, 0.1) is 0 Å². The highest BCUT2D eigenvalue weighted by Crippen LogP contribution is 2.41. The maximum Gasteiger partial charge on any atom is 0.180 e. The van der Waals surface area contributed by atoms with Gasteiger partial charge in [0.2, 0.25) is 0 Å². The molecule has 0 aliphatic heterocycles. The number of aromatic nitrogens is 2. The molecule has 0 radical (unpaired) electrons. The third-order valence-corrected chi connectivity index (χ3v) is 10.2. The monoisotopic (exact) mass is 684 g/mol. The molecule has 5 heterocycles. The Morgan fingerprint density at radius 1 is 0.491 bits per heavy atom. The van der Waals surface area contributed by atoms with Gasteiger partial charge in [-0.1, -0.05) is 67.3 Å². The second kappa shape index (κ2) is 11.2. The van der Waals surface area contributed by atoms with E-state index in [1.165, 1.54) is 0 Å². The quantitative estimate of drug-likeness (QED) is 0.180. The van der Waals surface area contributed by atoms with Gasteiger partial charge >= 0.3 is 0 Å². The maximum atomic E-state index is 6.66. The van der Waals surface area contributed by atoms with Crippen molar-refractivity contribution in [3.8, 4) is 33.8 Å². The lowest BCUT2D eigenvalue weighted by Crippen LogP contribution is -1.94. The molecule has 0 amide bonds. The van der Waals surface area contributed by atoms with Crippen molar-refractivity contribution in [1.29, 1.82) is 0 Å². The van der Waals surface area contributed by atoms with E-state index < -0.39 is 0 Å². The smallest absolute Gasteiger partial charge is 0.180 e. The van der Waals surface area contributed by atoms with Gasteiger partial charge in [-0.05, 0) is 96.9 Å². The van der Waals surface area contributed by atoms with E-state index in [4.69, 9.17) is 27.6 Å². The zero-order valence-electron chi connectivity index (χ0n) is 28.5. The van der Waals surface area contributed by atoms with E-state index in [0.717, 1.165) is 105 Å². The van der Waals surface area contributed by atoms with Crippen LogP contribution in [0.2, 0.25) is 0 Å². The summed E-state index contributed by atoms with van der Waals surface area (Å²) < 4.78 is 25.1. The van der Waals surface area contributed by atoms with Gasteiger partial charge in [0, 0.05) is 49.0 Å². The van der Waals surface area contributed by atoms with Crippen molar-refractivity contribution in [2.45, 2.75) is 6.92 Å². The average molecular weight is 685 g/mol. The molecule has 5 aromatic heterocycles. The summed E-state index contributed by atoms with van der Waals surface area (Å²) in [7, 11) is 0. The van der Waals surface area contributed by atoms with Gasteiger partial charge in [-0.3, -0.25) is 0 Å². The van der Waals surface area contributed by atoms with Crippen LogP contribution in [-0.4, -0.2) is 9.97 Å². The number of fused-ring (bicyclic) bond motifs is 10. The van der Waals surface area contributed by atoms with Crippen LogP contribution in [0.5, 0.6) is 0 Å². The fraction of sp³-hybridized carbons (Fsp3) is 0.0213. The van der Waals surface area contributed by atoms with Gasteiger partial charge in [-0.2, -0.15) is 0 Å². The summed E-state index contributed by atoms with van der Waals surface area (Å²) >= 11 is 0. The Bertz CT molecular complexity index is 3330.